The second-order valence-corrected chi connectivity index (χ2v) is 10.2. The largest absolute Gasteiger partial charge is 0.507 e. The number of phenols is 1. The van der Waals surface area contributed by atoms with Crippen molar-refractivity contribution >= 4 is 40.1 Å². The molecule has 0 bridgehead atoms. The summed E-state index contributed by atoms with van der Waals surface area (Å²) >= 11 is 13.1. The summed E-state index contributed by atoms with van der Waals surface area (Å²) in [6.45, 7) is 12.1. The number of carbonyl (C=O) groups is 1. The first-order chi connectivity index (χ1) is 11.8. The van der Waals surface area contributed by atoms with E-state index in [4.69, 9.17) is 23.2 Å². The number of hydrogen-bond acceptors (Lipinski definition) is 3. The molecule has 0 aliphatic rings. The molecule has 0 heterocycles. The monoisotopic (exact) mass is 410 g/mol. The topological polar surface area (TPSA) is 37.3 Å². The predicted octanol–water partition coefficient (Wildman–Crippen LogP) is 7.23. The molecule has 0 atom stereocenters. The summed E-state index contributed by atoms with van der Waals surface area (Å²) in [6.07, 6.45) is 0. The van der Waals surface area contributed by atoms with Crippen molar-refractivity contribution in [3.05, 3.63) is 57.1 Å². The van der Waals surface area contributed by atoms with Gasteiger partial charge in [-0.2, -0.15) is 0 Å². The van der Waals surface area contributed by atoms with Crippen LogP contribution >= 0.6 is 35.0 Å². The first kappa shape index (κ1) is 21.1. The molecule has 0 amide bonds. The number of thioether (sulfide) groups is 1. The van der Waals surface area contributed by atoms with E-state index in [0.29, 0.717) is 15.6 Å². The highest BCUT2D eigenvalue weighted by atomic mass is 35.5. The minimum Gasteiger partial charge on any atom is -0.507 e. The van der Waals surface area contributed by atoms with Crippen LogP contribution in [-0.4, -0.2) is 10.2 Å². The Hall–Kier alpha value is -1.16. The Morgan fingerprint density at radius 3 is 1.81 bits per heavy atom. The molecule has 26 heavy (non-hydrogen) atoms. The molecule has 2 nitrogen and oxygen atoms in total. The van der Waals surface area contributed by atoms with E-state index in [0.717, 1.165) is 27.8 Å². The van der Waals surface area contributed by atoms with E-state index in [-0.39, 0.29) is 21.7 Å². The van der Waals surface area contributed by atoms with Crippen molar-refractivity contribution in [3.8, 4) is 5.75 Å². The molecule has 0 unspecified atom stereocenters. The molecule has 0 radical (unpaired) electrons. The highest BCUT2D eigenvalue weighted by Gasteiger charge is 2.28. The van der Waals surface area contributed by atoms with Crippen molar-refractivity contribution in [1.29, 1.82) is 0 Å². The van der Waals surface area contributed by atoms with Gasteiger partial charge < -0.3 is 5.11 Å². The number of benzene rings is 2. The SMILES string of the molecule is CC(C)(C)c1cc(C(=O)Sc2ccc(Cl)c(Cl)c2)cc(C(C)(C)C)c1O. The maximum atomic E-state index is 12.9. The van der Waals surface area contributed by atoms with Crippen LogP contribution in [0.25, 0.3) is 0 Å². The first-order valence-electron chi connectivity index (χ1n) is 8.36. The fraction of sp³-hybridized carbons (Fsp3) is 0.381. The fourth-order valence-electron chi connectivity index (χ4n) is 2.60. The third-order valence-electron chi connectivity index (χ3n) is 4.06. The number of aromatic hydroxyl groups is 1. The van der Waals surface area contributed by atoms with Crippen LogP contribution in [-0.2, 0) is 10.8 Å². The summed E-state index contributed by atoms with van der Waals surface area (Å²) in [7, 11) is 0. The van der Waals surface area contributed by atoms with Crippen LogP contribution < -0.4 is 0 Å². The summed E-state index contributed by atoms with van der Waals surface area (Å²) in [5.41, 5.74) is 1.53. The summed E-state index contributed by atoms with van der Waals surface area (Å²) in [5, 5.41) is 11.5. The van der Waals surface area contributed by atoms with Gasteiger partial charge in [0.2, 0.25) is 5.12 Å². The molecule has 0 saturated heterocycles. The molecule has 2 aromatic rings. The molecule has 0 aromatic heterocycles. The van der Waals surface area contributed by atoms with Gasteiger partial charge in [0.05, 0.1) is 10.0 Å². The molecule has 1 N–H and O–H groups in total. The van der Waals surface area contributed by atoms with Crippen molar-refractivity contribution < 1.29 is 9.90 Å². The minimum absolute atomic E-state index is 0.0978. The van der Waals surface area contributed by atoms with Gasteiger partial charge in [-0.15, -0.1) is 0 Å². The first-order valence-corrected chi connectivity index (χ1v) is 9.93. The third kappa shape index (κ3) is 4.76. The van der Waals surface area contributed by atoms with Crippen molar-refractivity contribution in [2.75, 3.05) is 0 Å². The average molecular weight is 411 g/mol. The zero-order valence-electron chi connectivity index (χ0n) is 15.9. The number of halogens is 2. The Morgan fingerprint density at radius 1 is 0.885 bits per heavy atom. The molecule has 0 aliphatic heterocycles. The van der Waals surface area contributed by atoms with Crippen LogP contribution in [0.15, 0.2) is 35.2 Å². The van der Waals surface area contributed by atoms with E-state index in [9.17, 15) is 9.90 Å². The van der Waals surface area contributed by atoms with Crippen molar-refractivity contribution in [2.24, 2.45) is 0 Å². The lowest BCUT2D eigenvalue weighted by Gasteiger charge is -2.28. The van der Waals surface area contributed by atoms with Crippen molar-refractivity contribution in [2.45, 2.75) is 57.3 Å². The smallest absolute Gasteiger partial charge is 0.224 e. The molecule has 0 aliphatic carbocycles. The van der Waals surface area contributed by atoms with Gasteiger partial charge in [-0.3, -0.25) is 4.79 Å². The average Bonchev–Trinajstić information content (AvgIpc) is 2.48. The Kier molecular flexibility index (Phi) is 6.06. The Labute approximate surface area is 169 Å². The van der Waals surface area contributed by atoms with E-state index < -0.39 is 0 Å². The van der Waals surface area contributed by atoms with Crippen LogP contribution in [0.3, 0.4) is 0 Å². The molecular formula is C21H24Cl2O2S. The van der Waals surface area contributed by atoms with Crippen LogP contribution in [0.2, 0.25) is 10.0 Å². The van der Waals surface area contributed by atoms with E-state index in [2.05, 4.69) is 0 Å². The van der Waals surface area contributed by atoms with Gasteiger partial charge in [-0.1, -0.05) is 64.7 Å². The normalized spacial score (nSPS) is 12.3. The molecule has 2 aromatic carbocycles. The van der Waals surface area contributed by atoms with Crippen molar-refractivity contribution in [1.82, 2.24) is 0 Å². The number of hydrogen-bond donors (Lipinski definition) is 1. The zero-order valence-corrected chi connectivity index (χ0v) is 18.2. The highest BCUT2D eigenvalue weighted by Crippen LogP contribution is 2.41. The van der Waals surface area contributed by atoms with Gasteiger partial charge in [-0.05, 0) is 52.9 Å². The van der Waals surface area contributed by atoms with Crippen LogP contribution in [0.4, 0.5) is 0 Å². The van der Waals surface area contributed by atoms with E-state index in [1.54, 1.807) is 30.3 Å². The molecule has 0 fully saturated rings. The number of carbonyl (C=O) groups excluding carboxylic acids is 1. The number of phenolic OH excluding ortho intramolecular Hbond substituents is 1. The quantitative estimate of drug-likeness (QED) is 0.530. The van der Waals surface area contributed by atoms with Gasteiger partial charge in [0.1, 0.15) is 5.75 Å². The maximum absolute atomic E-state index is 12.9. The third-order valence-corrected chi connectivity index (χ3v) is 5.71. The van der Waals surface area contributed by atoms with Gasteiger partial charge in [-0.25, -0.2) is 0 Å². The van der Waals surface area contributed by atoms with Gasteiger partial charge >= 0.3 is 0 Å². The lowest BCUT2D eigenvalue weighted by atomic mass is 9.78. The highest BCUT2D eigenvalue weighted by molar-refractivity contribution is 8.14. The molecule has 5 heteroatoms. The molecule has 0 spiro atoms. The van der Waals surface area contributed by atoms with Crippen LogP contribution in [0, 0.1) is 0 Å². The lowest BCUT2D eigenvalue weighted by Crippen LogP contribution is -2.18. The fourth-order valence-corrected chi connectivity index (χ4v) is 3.73. The lowest BCUT2D eigenvalue weighted by molar-refractivity contribution is 0.108. The standard InChI is InChI=1S/C21H24Cl2O2S/c1-20(2,3)14-9-12(10-15(18(14)24)21(4,5)6)19(25)26-13-7-8-16(22)17(23)11-13/h7-11,24H,1-6H3. The Balaban J connectivity index is 2.50. The summed E-state index contributed by atoms with van der Waals surface area (Å²) in [6, 6.07) is 8.71. The van der Waals surface area contributed by atoms with E-state index >= 15 is 0 Å². The summed E-state index contributed by atoms with van der Waals surface area (Å²) in [4.78, 5) is 13.6. The second-order valence-electron chi connectivity index (χ2n) is 8.39. The zero-order chi connectivity index (χ0) is 19.9. The van der Waals surface area contributed by atoms with Gasteiger partial charge in [0.15, 0.2) is 0 Å². The van der Waals surface area contributed by atoms with Crippen molar-refractivity contribution in [3.63, 3.8) is 0 Å². The van der Waals surface area contributed by atoms with Gasteiger partial charge in [0.25, 0.3) is 0 Å². The Morgan fingerprint density at radius 2 is 1.38 bits per heavy atom. The number of rotatable bonds is 2. The van der Waals surface area contributed by atoms with E-state index in [1.165, 1.54) is 0 Å². The molecule has 140 valence electrons. The van der Waals surface area contributed by atoms with Crippen LogP contribution in [0.1, 0.15) is 63.0 Å². The molecule has 0 saturated carbocycles. The van der Waals surface area contributed by atoms with Crippen LogP contribution in [0.5, 0.6) is 5.75 Å². The maximum Gasteiger partial charge on any atom is 0.224 e. The minimum atomic E-state index is -0.283. The van der Waals surface area contributed by atoms with Gasteiger partial charge in [0, 0.05) is 21.6 Å². The molecule has 2 rings (SSSR count). The summed E-state index contributed by atoms with van der Waals surface area (Å²) < 4.78 is 0. The predicted molar refractivity (Wildman–Crippen MR) is 112 cm³/mol. The molecular weight excluding hydrogens is 387 g/mol. The Bertz CT molecular complexity index is 811. The summed E-state index contributed by atoms with van der Waals surface area (Å²) in [5.74, 6) is 0.265. The second kappa shape index (κ2) is 7.46. The van der Waals surface area contributed by atoms with E-state index in [1.807, 2.05) is 41.5 Å².